The molecule has 0 saturated carbocycles. The average molecular weight is 407 g/mol. The Labute approximate surface area is 163 Å². The monoisotopic (exact) mass is 407 g/mol. The fourth-order valence-corrected chi connectivity index (χ4v) is 2.98. The zero-order valence-electron chi connectivity index (χ0n) is 14.8. The van der Waals surface area contributed by atoms with Crippen molar-refractivity contribution in [2.75, 3.05) is 11.1 Å². The van der Waals surface area contributed by atoms with E-state index in [0.717, 1.165) is 17.7 Å². The van der Waals surface area contributed by atoms with Crippen molar-refractivity contribution in [2.24, 2.45) is 0 Å². The SMILES string of the molecule is Cc1ccc(NC(=O)CSCc2nc(-c3cccc(C(F)(F)F)c3)no2)cc1. The predicted molar refractivity (Wildman–Crippen MR) is 101 cm³/mol. The highest BCUT2D eigenvalue weighted by molar-refractivity contribution is 7.99. The molecular weight excluding hydrogens is 391 g/mol. The van der Waals surface area contributed by atoms with Gasteiger partial charge in [0, 0.05) is 11.3 Å². The van der Waals surface area contributed by atoms with Crippen LogP contribution in [-0.4, -0.2) is 21.8 Å². The Balaban J connectivity index is 1.54. The van der Waals surface area contributed by atoms with E-state index in [9.17, 15) is 18.0 Å². The molecule has 5 nitrogen and oxygen atoms in total. The second-order valence-corrected chi connectivity index (χ2v) is 6.98. The third kappa shape index (κ3) is 5.35. The van der Waals surface area contributed by atoms with Gasteiger partial charge in [0.25, 0.3) is 0 Å². The summed E-state index contributed by atoms with van der Waals surface area (Å²) >= 11 is 1.26. The van der Waals surface area contributed by atoms with E-state index in [1.54, 1.807) is 0 Å². The number of aromatic nitrogens is 2. The Morgan fingerprint density at radius 2 is 1.93 bits per heavy atom. The van der Waals surface area contributed by atoms with Crippen LogP contribution in [0.2, 0.25) is 0 Å². The number of anilines is 1. The molecule has 146 valence electrons. The summed E-state index contributed by atoms with van der Waals surface area (Å²) in [4.78, 5) is 16.0. The number of carbonyl (C=O) groups excluding carboxylic acids is 1. The molecule has 0 fully saturated rings. The number of hydrogen-bond acceptors (Lipinski definition) is 5. The van der Waals surface area contributed by atoms with Crippen LogP contribution in [0.3, 0.4) is 0 Å². The van der Waals surface area contributed by atoms with Gasteiger partial charge in [-0.05, 0) is 31.2 Å². The first-order valence-electron chi connectivity index (χ1n) is 8.26. The van der Waals surface area contributed by atoms with Gasteiger partial charge in [0.1, 0.15) is 0 Å². The maximum atomic E-state index is 12.8. The average Bonchev–Trinajstić information content (AvgIpc) is 3.12. The summed E-state index contributed by atoms with van der Waals surface area (Å²) in [7, 11) is 0. The van der Waals surface area contributed by atoms with E-state index in [-0.39, 0.29) is 34.7 Å². The molecule has 1 N–H and O–H groups in total. The Bertz CT molecular complexity index is 956. The lowest BCUT2D eigenvalue weighted by Gasteiger charge is -2.06. The van der Waals surface area contributed by atoms with Crippen LogP contribution >= 0.6 is 11.8 Å². The number of nitrogens with one attached hydrogen (secondary N) is 1. The molecule has 1 amide bonds. The summed E-state index contributed by atoms with van der Waals surface area (Å²) in [6.07, 6.45) is -4.44. The quantitative estimate of drug-likeness (QED) is 0.627. The Morgan fingerprint density at radius 1 is 1.18 bits per heavy atom. The number of alkyl halides is 3. The summed E-state index contributed by atoms with van der Waals surface area (Å²) < 4.78 is 43.5. The number of carbonyl (C=O) groups is 1. The highest BCUT2D eigenvalue weighted by Gasteiger charge is 2.30. The molecule has 0 saturated heterocycles. The van der Waals surface area contributed by atoms with Gasteiger partial charge >= 0.3 is 6.18 Å². The van der Waals surface area contributed by atoms with E-state index in [2.05, 4.69) is 15.5 Å². The van der Waals surface area contributed by atoms with Crippen LogP contribution in [-0.2, 0) is 16.7 Å². The molecule has 0 aliphatic rings. The lowest BCUT2D eigenvalue weighted by Crippen LogP contribution is -2.14. The zero-order valence-corrected chi connectivity index (χ0v) is 15.6. The zero-order chi connectivity index (χ0) is 20.1. The maximum Gasteiger partial charge on any atom is 0.416 e. The van der Waals surface area contributed by atoms with Gasteiger partial charge in [-0.25, -0.2) is 0 Å². The Hall–Kier alpha value is -2.81. The number of halogens is 3. The fourth-order valence-electron chi connectivity index (χ4n) is 2.33. The summed E-state index contributed by atoms with van der Waals surface area (Å²) in [6.45, 7) is 1.96. The van der Waals surface area contributed by atoms with Crippen LogP contribution in [0.4, 0.5) is 18.9 Å². The highest BCUT2D eigenvalue weighted by atomic mass is 32.2. The Kier molecular flexibility index (Phi) is 6.03. The molecule has 0 radical (unpaired) electrons. The van der Waals surface area contributed by atoms with Crippen molar-refractivity contribution in [3.05, 3.63) is 65.5 Å². The van der Waals surface area contributed by atoms with Gasteiger partial charge in [0.05, 0.1) is 17.1 Å². The largest absolute Gasteiger partial charge is 0.416 e. The fraction of sp³-hybridized carbons (Fsp3) is 0.211. The first-order chi connectivity index (χ1) is 13.3. The van der Waals surface area contributed by atoms with Gasteiger partial charge in [-0.2, -0.15) is 18.2 Å². The first kappa shape index (κ1) is 19.9. The van der Waals surface area contributed by atoms with E-state index in [4.69, 9.17) is 4.52 Å². The molecule has 0 bridgehead atoms. The number of nitrogens with zero attached hydrogens (tertiary/aromatic N) is 2. The molecule has 0 spiro atoms. The number of aryl methyl sites for hydroxylation is 1. The third-order valence-electron chi connectivity index (χ3n) is 3.71. The van der Waals surface area contributed by atoms with Crippen molar-refractivity contribution in [2.45, 2.75) is 18.9 Å². The molecule has 2 aromatic carbocycles. The normalized spacial score (nSPS) is 11.4. The van der Waals surface area contributed by atoms with E-state index >= 15 is 0 Å². The number of hydrogen-bond donors (Lipinski definition) is 1. The van der Waals surface area contributed by atoms with Crippen LogP contribution in [0.1, 0.15) is 17.0 Å². The van der Waals surface area contributed by atoms with E-state index in [1.807, 2.05) is 31.2 Å². The number of amides is 1. The van der Waals surface area contributed by atoms with Gasteiger partial charge in [0.2, 0.25) is 17.6 Å². The minimum atomic E-state index is -4.44. The molecular formula is C19H16F3N3O2S. The van der Waals surface area contributed by atoms with Crippen molar-refractivity contribution in [3.8, 4) is 11.4 Å². The van der Waals surface area contributed by atoms with Crippen molar-refractivity contribution < 1.29 is 22.5 Å². The minimum Gasteiger partial charge on any atom is -0.338 e. The van der Waals surface area contributed by atoms with Crippen LogP contribution in [0, 0.1) is 6.92 Å². The summed E-state index contributed by atoms with van der Waals surface area (Å²) in [5.74, 6) is 0.584. The molecule has 0 atom stereocenters. The van der Waals surface area contributed by atoms with Crippen LogP contribution < -0.4 is 5.32 Å². The second kappa shape index (κ2) is 8.47. The summed E-state index contributed by atoms with van der Waals surface area (Å²) in [5.41, 5.74) is 1.24. The molecule has 0 aliphatic carbocycles. The van der Waals surface area contributed by atoms with Gasteiger partial charge in [0.15, 0.2) is 0 Å². The van der Waals surface area contributed by atoms with Crippen LogP contribution in [0.25, 0.3) is 11.4 Å². The molecule has 0 unspecified atom stereocenters. The van der Waals surface area contributed by atoms with Crippen molar-refractivity contribution >= 4 is 23.4 Å². The van der Waals surface area contributed by atoms with Crippen molar-refractivity contribution in [1.29, 1.82) is 0 Å². The van der Waals surface area contributed by atoms with Gasteiger partial charge in [-0.15, -0.1) is 11.8 Å². The molecule has 1 heterocycles. The minimum absolute atomic E-state index is 0.0748. The molecule has 1 aromatic heterocycles. The van der Waals surface area contributed by atoms with Crippen molar-refractivity contribution in [3.63, 3.8) is 0 Å². The number of thioether (sulfide) groups is 1. The standard InChI is InChI=1S/C19H16F3N3O2S/c1-12-5-7-15(8-6-12)23-16(26)10-28-11-17-24-18(25-27-17)13-3-2-4-14(9-13)19(20,21)22/h2-9H,10-11H2,1H3,(H,23,26). The molecule has 9 heteroatoms. The maximum absolute atomic E-state index is 12.8. The van der Waals surface area contributed by atoms with Crippen molar-refractivity contribution in [1.82, 2.24) is 10.1 Å². The van der Waals surface area contributed by atoms with Crippen LogP contribution in [0.15, 0.2) is 53.1 Å². The van der Waals surface area contributed by atoms with Gasteiger partial charge in [-0.1, -0.05) is 35.0 Å². The molecule has 3 rings (SSSR count). The number of rotatable bonds is 6. The highest BCUT2D eigenvalue weighted by Crippen LogP contribution is 2.31. The molecule has 0 aliphatic heterocycles. The van der Waals surface area contributed by atoms with Crippen LogP contribution in [0.5, 0.6) is 0 Å². The Morgan fingerprint density at radius 3 is 2.64 bits per heavy atom. The van der Waals surface area contributed by atoms with E-state index in [1.165, 1.54) is 23.9 Å². The van der Waals surface area contributed by atoms with E-state index < -0.39 is 11.7 Å². The predicted octanol–water partition coefficient (Wildman–Crippen LogP) is 4.94. The lowest BCUT2D eigenvalue weighted by atomic mass is 10.1. The van der Waals surface area contributed by atoms with E-state index in [0.29, 0.717) is 5.69 Å². The first-order valence-corrected chi connectivity index (χ1v) is 9.41. The van der Waals surface area contributed by atoms with Gasteiger partial charge < -0.3 is 9.84 Å². The summed E-state index contributed by atoms with van der Waals surface area (Å²) in [6, 6.07) is 12.1. The lowest BCUT2D eigenvalue weighted by molar-refractivity contribution is -0.137. The second-order valence-electron chi connectivity index (χ2n) is 6.00. The molecule has 28 heavy (non-hydrogen) atoms. The smallest absolute Gasteiger partial charge is 0.338 e. The number of benzene rings is 2. The van der Waals surface area contributed by atoms with Gasteiger partial charge in [-0.3, -0.25) is 4.79 Å². The topological polar surface area (TPSA) is 68.0 Å². The third-order valence-corrected chi connectivity index (χ3v) is 4.63. The summed E-state index contributed by atoms with van der Waals surface area (Å²) in [5, 5.41) is 6.49. The molecule has 3 aromatic rings.